The monoisotopic (exact) mass is 312 g/mol. The Balaban J connectivity index is 2.73. The van der Waals surface area contributed by atoms with Crippen LogP contribution in [0.4, 0.5) is 0 Å². The molecule has 0 amide bonds. The first-order chi connectivity index (χ1) is 10.9. The molecule has 2 heteroatoms. The molecule has 0 aliphatic rings. The van der Waals surface area contributed by atoms with Crippen molar-refractivity contribution >= 4 is 0 Å². The number of hydrogen-bond acceptors (Lipinski definition) is 2. The van der Waals surface area contributed by atoms with Crippen LogP contribution in [0.3, 0.4) is 0 Å². The van der Waals surface area contributed by atoms with Crippen LogP contribution >= 0.6 is 0 Å². The lowest BCUT2D eigenvalue weighted by molar-refractivity contribution is 0.404. The average molecular weight is 312 g/mol. The summed E-state index contributed by atoms with van der Waals surface area (Å²) in [5, 5.41) is 0. The summed E-state index contributed by atoms with van der Waals surface area (Å²) in [7, 11) is 0. The Labute approximate surface area is 140 Å². The van der Waals surface area contributed by atoms with Gasteiger partial charge in [-0.2, -0.15) is 0 Å². The average Bonchev–Trinajstić information content (AvgIpc) is 2.51. The maximum atomic E-state index is 5.89. The van der Waals surface area contributed by atoms with E-state index in [0.717, 1.165) is 29.4 Å². The SMILES string of the molecule is CCC(=CC=C(C)C)Oc1ccc(OC(C)=CC=C(C)C)cc1. The molecule has 1 rings (SSSR count). The smallest absolute Gasteiger partial charge is 0.127 e. The van der Waals surface area contributed by atoms with Crippen molar-refractivity contribution in [3.63, 3.8) is 0 Å². The second-order valence-electron chi connectivity index (χ2n) is 5.93. The minimum atomic E-state index is 0.805. The van der Waals surface area contributed by atoms with Crippen molar-refractivity contribution in [2.45, 2.75) is 48.0 Å². The van der Waals surface area contributed by atoms with E-state index in [1.165, 1.54) is 11.1 Å². The predicted octanol–water partition coefficient (Wildman–Crippen LogP) is 6.57. The predicted molar refractivity (Wildman–Crippen MR) is 98.7 cm³/mol. The molecule has 23 heavy (non-hydrogen) atoms. The second kappa shape index (κ2) is 9.73. The van der Waals surface area contributed by atoms with Crippen LogP contribution in [-0.4, -0.2) is 0 Å². The highest BCUT2D eigenvalue weighted by Crippen LogP contribution is 2.22. The van der Waals surface area contributed by atoms with Gasteiger partial charge in [0.15, 0.2) is 0 Å². The zero-order chi connectivity index (χ0) is 17.2. The minimum absolute atomic E-state index is 0.805. The lowest BCUT2D eigenvalue weighted by Crippen LogP contribution is -1.94. The highest BCUT2D eigenvalue weighted by molar-refractivity contribution is 5.33. The lowest BCUT2D eigenvalue weighted by Gasteiger charge is -2.09. The lowest BCUT2D eigenvalue weighted by atomic mass is 10.2. The summed E-state index contributed by atoms with van der Waals surface area (Å²) in [6, 6.07) is 7.69. The molecule has 0 aliphatic heterocycles. The third-order valence-corrected chi connectivity index (χ3v) is 2.95. The van der Waals surface area contributed by atoms with Crippen molar-refractivity contribution in [2.75, 3.05) is 0 Å². The van der Waals surface area contributed by atoms with Crippen molar-refractivity contribution in [2.24, 2.45) is 0 Å². The zero-order valence-corrected chi connectivity index (χ0v) is 15.1. The number of allylic oxidation sites excluding steroid dienone is 8. The van der Waals surface area contributed by atoms with E-state index in [9.17, 15) is 0 Å². The summed E-state index contributed by atoms with van der Waals surface area (Å²) < 4.78 is 11.7. The largest absolute Gasteiger partial charge is 0.462 e. The first-order valence-corrected chi connectivity index (χ1v) is 8.02. The maximum absolute atomic E-state index is 5.89. The molecule has 124 valence electrons. The summed E-state index contributed by atoms with van der Waals surface area (Å²) >= 11 is 0. The van der Waals surface area contributed by atoms with Crippen LogP contribution in [0.15, 0.2) is 71.2 Å². The fourth-order valence-electron chi connectivity index (χ4n) is 1.71. The molecule has 1 aromatic carbocycles. The number of benzene rings is 1. The summed E-state index contributed by atoms with van der Waals surface area (Å²) in [4.78, 5) is 0. The third kappa shape index (κ3) is 8.10. The molecule has 2 nitrogen and oxygen atoms in total. The van der Waals surface area contributed by atoms with Crippen LogP contribution in [0.2, 0.25) is 0 Å². The van der Waals surface area contributed by atoms with E-state index >= 15 is 0 Å². The molecule has 0 bridgehead atoms. The Kier molecular flexibility index (Phi) is 7.96. The van der Waals surface area contributed by atoms with E-state index < -0.39 is 0 Å². The third-order valence-electron chi connectivity index (χ3n) is 2.95. The van der Waals surface area contributed by atoms with Gasteiger partial charge in [0, 0.05) is 6.42 Å². The molecule has 0 aliphatic carbocycles. The van der Waals surface area contributed by atoms with Gasteiger partial charge in [0.1, 0.15) is 23.0 Å². The molecule has 0 radical (unpaired) electrons. The van der Waals surface area contributed by atoms with Crippen LogP contribution in [0, 0.1) is 0 Å². The van der Waals surface area contributed by atoms with Gasteiger partial charge in [0.25, 0.3) is 0 Å². The normalized spacial score (nSPS) is 11.7. The molecular formula is C21H28O2. The molecule has 0 heterocycles. The highest BCUT2D eigenvalue weighted by Gasteiger charge is 2.00. The van der Waals surface area contributed by atoms with Gasteiger partial charge in [-0.1, -0.05) is 30.2 Å². The Morgan fingerprint density at radius 3 is 1.70 bits per heavy atom. The minimum Gasteiger partial charge on any atom is -0.462 e. The number of ether oxygens (including phenoxy) is 2. The second-order valence-corrected chi connectivity index (χ2v) is 5.93. The molecule has 0 saturated carbocycles. The van der Waals surface area contributed by atoms with Gasteiger partial charge < -0.3 is 9.47 Å². The molecule has 0 spiro atoms. The van der Waals surface area contributed by atoms with Gasteiger partial charge >= 0.3 is 0 Å². The van der Waals surface area contributed by atoms with Gasteiger partial charge in [-0.3, -0.25) is 0 Å². The van der Waals surface area contributed by atoms with E-state index in [-0.39, 0.29) is 0 Å². The van der Waals surface area contributed by atoms with Crippen molar-refractivity contribution < 1.29 is 9.47 Å². The number of hydrogen-bond donors (Lipinski definition) is 0. The Morgan fingerprint density at radius 1 is 0.739 bits per heavy atom. The standard InChI is InChI=1S/C21H28O2/c1-7-19(11-9-17(4)5)23-21-14-12-20(13-15-21)22-18(6)10-8-16(2)3/h8-15H,7H2,1-6H3. The summed E-state index contributed by atoms with van der Waals surface area (Å²) in [5.41, 5.74) is 2.49. The van der Waals surface area contributed by atoms with Crippen molar-refractivity contribution in [1.82, 2.24) is 0 Å². The quantitative estimate of drug-likeness (QED) is 0.418. The molecular weight excluding hydrogens is 284 g/mol. The van der Waals surface area contributed by atoms with Gasteiger partial charge in [-0.15, -0.1) is 0 Å². The molecule has 0 N–H and O–H groups in total. The van der Waals surface area contributed by atoms with Gasteiger partial charge in [0.05, 0.1) is 0 Å². The van der Waals surface area contributed by atoms with Crippen LogP contribution in [0.5, 0.6) is 11.5 Å². The fraction of sp³-hybridized carbons (Fsp3) is 0.333. The maximum Gasteiger partial charge on any atom is 0.127 e. The van der Waals surface area contributed by atoms with Gasteiger partial charge in [-0.25, -0.2) is 0 Å². The van der Waals surface area contributed by atoms with Crippen molar-refractivity contribution in [1.29, 1.82) is 0 Å². The van der Waals surface area contributed by atoms with E-state index in [1.54, 1.807) is 0 Å². The van der Waals surface area contributed by atoms with Crippen LogP contribution in [0.25, 0.3) is 0 Å². The molecule has 0 fully saturated rings. The summed E-state index contributed by atoms with van der Waals surface area (Å²) in [5.74, 6) is 3.43. The number of rotatable bonds is 7. The first kappa shape index (κ1) is 18.8. The molecule has 0 unspecified atom stereocenters. The molecule has 0 atom stereocenters. The van der Waals surface area contributed by atoms with Gasteiger partial charge in [-0.05, 0) is 71.0 Å². The first-order valence-electron chi connectivity index (χ1n) is 8.02. The fourth-order valence-corrected chi connectivity index (χ4v) is 1.71. The molecule has 0 saturated heterocycles. The topological polar surface area (TPSA) is 18.5 Å². The Hall–Kier alpha value is -2.22. The van der Waals surface area contributed by atoms with Crippen molar-refractivity contribution in [3.05, 3.63) is 71.2 Å². The van der Waals surface area contributed by atoms with E-state index in [0.29, 0.717) is 0 Å². The van der Waals surface area contributed by atoms with Crippen LogP contribution in [0.1, 0.15) is 48.0 Å². The summed E-state index contributed by atoms with van der Waals surface area (Å²) in [6.07, 6.45) is 8.94. The zero-order valence-electron chi connectivity index (χ0n) is 15.1. The highest BCUT2D eigenvalue weighted by atomic mass is 16.5. The molecule has 1 aromatic rings. The van der Waals surface area contributed by atoms with Crippen LogP contribution < -0.4 is 9.47 Å². The van der Waals surface area contributed by atoms with Gasteiger partial charge in [0.2, 0.25) is 0 Å². The van der Waals surface area contributed by atoms with Crippen LogP contribution in [-0.2, 0) is 0 Å². The Morgan fingerprint density at radius 2 is 1.22 bits per heavy atom. The van der Waals surface area contributed by atoms with Crippen molar-refractivity contribution in [3.8, 4) is 11.5 Å². The molecule has 0 aromatic heterocycles. The summed E-state index contributed by atoms with van der Waals surface area (Å²) in [6.45, 7) is 12.3. The van der Waals surface area contributed by atoms with E-state index in [2.05, 4.69) is 40.7 Å². The van der Waals surface area contributed by atoms with E-state index in [1.807, 2.05) is 49.4 Å². The van der Waals surface area contributed by atoms with E-state index in [4.69, 9.17) is 9.47 Å². The Bertz CT molecular complexity index is 606.